The summed E-state index contributed by atoms with van der Waals surface area (Å²) in [5.41, 5.74) is 7.26. The van der Waals surface area contributed by atoms with E-state index in [4.69, 9.17) is 15.2 Å². The molecule has 1 aromatic rings. The molecule has 1 aromatic carbocycles. The molecule has 1 atom stereocenters. The first kappa shape index (κ1) is 16.1. The van der Waals surface area contributed by atoms with Gasteiger partial charge in [0.15, 0.2) is 0 Å². The minimum Gasteiger partial charge on any atom is -0.497 e. The number of rotatable bonds is 9. The van der Waals surface area contributed by atoms with E-state index in [1.165, 1.54) is 12.8 Å². The molecule has 1 aliphatic rings. The second-order valence-corrected chi connectivity index (χ2v) is 5.80. The van der Waals surface area contributed by atoms with Gasteiger partial charge in [-0.15, -0.1) is 0 Å². The number of nitrogens with zero attached hydrogens (tertiary/aromatic N) is 1. The second-order valence-electron chi connectivity index (χ2n) is 5.80. The Kier molecular flexibility index (Phi) is 5.88. The third-order valence-electron chi connectivity index (χ3n) is 4.16. The normalized spacial score (nSPS) is 16.0. The SMILES string of the molecule is CCCN(CC1CC1)C(CN)c1ccc(OC)cc1OC. The van der Waals surface area contributed by atoms with Crippen LogP contribution in [-0.2, 0) is 0 Å². The monoisotopic (exact) mass is 292 g/mol. The topological polar surface area (TPSA) is 47.7 Å². The van der Waals surface area contributed by atoms with E-state index in [2.05, 4.69) is 17.9 Å². The highest BCUT2D eigenvalue weighted by atomic mass is 16.5. The van der Waals surface area contributed by atoms with Crippen LogP contribution < -0.4 is 15.2 Å². The number of ether oxygens (including phenoxy) is 2. The van der Waals surface area contributed by atoms with Gasteiger partial charge in [-0.1, -0.05) is 13.0 Å². The van der Waals surface area contributed by atoms with E-state index in [-0.39, 0.29) is 6.04 Å². The van der Waals surface area contributed by atoms with Gasteiger partial charge in [-0.25, -0.2) is 0 Å². The molecule has 0 amide bonds. The van der Waals surface area contributed by atoms with Crippen molar-refractivity contribution < 1.29 is 9.47 Å². The van der Waals surface area contributed by atoms with Crippen LogP contribution >= 0.6 is 0 Å². The van der Waals surface area contributed by atoms with Crippen molar-refractivity contribution in [2.24, 2.45) is 11.7 Å². The van der Waals surface area contributed by atoms with E-state index in [1.54, 1.807) is 14.2 Å². The molecule has 0 heterocycles. The van der Waals surface area contributed by atoms with Crippen molar-refractivity contribution in [3.05, 3.63) is 23.8 Å². The van der Waals surface area contributed by atoms with Gasteiger partial charge >= 0.3 is 0 Å². The maximum atomic E-state index is 6.10. The summed E-state index contributed by atoms with van der Waals surface area (Å²) in [6, 6.07) is 6.23. The largest absolute Gasteiger partial charge is 0.497 e. The highest BCUT2D eigenvalue weighted by Crippen LogP contribution is 2.36. The Morgan fingerprint density at radius 3 is 2.57 bits per heavy atom. The fourth-order valence-corrected chi connectivity index (χ4v) is 2.86. The van der Waals surface area contributed by atoms with Crippen molar-refractivity contribution in [3.63, 3.8) is 0 Å². The molecule has 21 heavy (non-hydrogen) atoms. The summed E-state index contributed by atoms with van der Waals surface area (Å²) in [5.74, 6) is 2.53. The third kappa shape index (κ3) is 4.11. The molecule has 1 saturated carbocycles. The van der Waals surface area contributed by atoms with E-state index < -0.39 is 0 Å². The van der Waals surface area contributed by atoms with Crippen molar-refractivity contribution >= 4 is 0 Å². The van der Waals surface area contributed by atoms with Crippen molar-refractivity contribution in [2.45, 2.75) is 32.2 Å². The molecular formula is C17H28N2O2. The lowest BCUT2D eigenvalue weighted by atomic mass is 10.0. The number of hydrogen-bond donors (Lipinski definition) is 1. The molecular weight excluding hydrogens is 264 g/mol. The van der Waals surface area contributed by atoms with Crippen LogP contribution in [0.3, 0.4) is 0 Å². The molecule has 1 fully saturated rings. The van der Waals surface area contributed by atoms with Gasteiger partial charge in [0.05, 0.1) is 20.3 Å². The van der Waals surface area contributed by atoms with Crippen LogP contribution in [0.4, 0.5) is 0 Å². The molecule has 2 rings (SSSR count). The van der Waals surface area contributed by atoms with Gasteiger partial charge in [-0.3, -0.25) is 4.90 Å². The van der Waals surface area contributed by atoms with Gasteiger partial charge in [-0.2, -0.15) is 0 Å². The summed E-state index contributed by atoms with van der Waals surface area (Å²) in [6.07, 6.45) is 3.86. The molecule has 0 spiro atoms. The van der Waals surface area contributed by atoms with Gasteiger partial charge < -0.3 is 15.2 Å². The molecule has 118 valence electrons. The fraction of sp³-hybridized carbons (Fsp3) is 0.647. The minimum absolute atomic E-state index is 0.214. The molecule has 1 aliphatic carbocycles. The van der Waals surface area contributed by atoms with Crippen LogP contribution in [0.5, 0.6) is 11.5 Å². The quantitative estimate of drug-likeness (QED) is 0.760. The predicted octanol–water partition coefficient (Wildman–Crippen LogP) is 2.83. The van der Waals surface area contributed by atoms with Gasteiger partial charge in [-0.05, 0) is 37.8 Å². The standard InChI is InChI=1S/C17H28N2O2/c1-4-9-19(12-13-5-6-13)16(11-18)15-8-7-14(20-2)10-17(15)21-3/h7-8,10,13,16H,4-6,9,11-12,18H2,1-3H3. The Hall–Kier alpha value is -1.26. The molecule has 0 saturated heterocycles. The Morgan fingerprint density at radius 1 is 1.29 bits per heavy atom. The van der Waals surface area contributed by atoms with Crippen LogP contribution in [0.2, 0.25) is 0 Å². The molecule has 0 aliphatic heterocycles. The first-order valence-corrected chi connectivity index (χ1v) is 7.89. The van der Waals surface area contributed by atoms with Crippen LogP contribution in [0.1, 0.15) is 37.8 Å². The Bertz CT molecular complexity index is 446. The second kappa shape index (κ2) is 7.66. The highest BCUT2D eigenvalue weighted by Gasteiger charge is 2.29. The number of methoxy groups -OCH3 is 2. The maximum absolute atomic E-state index is 6.10. The lowest BCUT2D eigenvalue weighted by Gasteiger charge is -2.32. The third-order valence-corrected chi connectivity index (χ3v) is 4.16. The van der Waals surface area contributed by atoms with Crippen molar-refractivity contribution in [1.29, 1.82) is 0 Å². The van der Waals surface area contributed by atoms with Crippen molar-refractivity contribution in [1.82, 2.24) is 4.90 Å². The molecule has 4 heteroatoms. The zero-order valence-corrected chi connectivity index (χ0v) is 13.5. The minimum atomic E-state index is 0.214. The Morgan fingerprint density at radius 2 is 2.05 bits per heavy atom. The number of nitrogens with two attached hydrogens (primary N) is 1. The molecule has 2 N–H and O–H groups in total. The summed E-state index contributed by atoms with van der Waals surface area (Å²) in [5, 5.41) is 0. The van der Waals surface area contributed by atoms with E-state index in [0.29, 0.717) is 6.54 Å². The summed E-state index contributed by atoms with van der Waals surface area (Å²) >= 11 is 0. The predicted molar refractivity (Wildman–Crippen MR) is 85.9 cm³/mol. The van der Waals surface area contributed by atoms with Crippen LogP contribution in [-0.4, -0.2) is 38.8 Å². The number of hydrogen-bond acceptors (Lipinski definition) is 4. The summed E-state index contributed by atoms with van der Waals surface area (Å²) in [7, 11) is 3.38. The van der Waals surface area contributed by atoms with Gasteiger partial charge in [0.1, 0.15) is 11.5 Å². The molecule has 0 bridgehead atoms. The van der Waals surface area contributed by atoms with E-state index >= 15 is 0 Å². The van der Waals surface area contributed by atoms with E-state index in [9.17, 15) is 0 Å². The first-order valence-electron chi connectivity index (χ1n) is 7.89. The summed E-state index contributed by atoms with van der Waals surface area (Å²) < 4.78 is 10.8. The maximum Gasteiger partial charge on any atom is 0.127 e. The van der Waals surface area contributed by atoms with Crippen LogP contribution in [0.15, 0.2) is 18.2 Å². The molecule has 4 nitrogen and oxygen atoms in total. The van der Waals surface area contributed by atoms with Gasteiger partial charge in [0.2, 0.25) is 0 Å². The van der Waals surface area contributed by atoms with E-state index in [1.807, 2.05) is 12.1 Å². The van der Waals surface area contributed by atoms with E-state index in [0.717, 1.165) is 42.5 Å². The van der Waals surface area contributed by atoms with Crippen molar-refractivity contribution in [2.75, 3.05) is 33.9 Å². The average molecular weight is 292 g/mol. The lowest BCUT2D eigenvalue weighted by Crippen LogP contribution is -2.36. The first-order chi connectivity index (χ1) is 10.2. The average Bonchev–Trinajstić information content (AvgIpc) is 3.32. The summed E-state index contributed by atoms with van der Waals surface area (Å²) in [6.45, 7) is 5.05. The fourth-order valence-electron chi connectivity index (χ4n) is 2.86. The Balaban J connectivity index is 2.24. The van der Waals surface area contributed by atoms with Gasteiger partial charge in [0.25, 0.3) is 0 Å². The Labute approximate surface area is 128 Å². The van der Waals surface area contributed by atoms with Gasteiger partial charge in [0, 0.05) is 24.7 Å². The van der Waals surface area contributed by atoms with Crippen LogP contribution in [0.25, 0.3) is 0 Å². The molecule has 1 unspecified atom stereocenters. The lowest BCUT2D eigenvalue weighted by molar-refractivity contribution is 0.189. The van der Waals surface area contributed by atoms with Crippen LogP contribution in [0, 0.1) is 5.92 Å². The molecule has 0 aromatic heterocycles. The smallest absolute Gasteiger partial charge is 0.127 e. The molecule has 0 radical (unpaired) electrons. The zero-order valence-electron chi connectivity index (χ0n) is 13.5. The van der Waals surface area contributed by atoms with Crippen molar-refractivity contribution in [3.8, 4) is 11.5 Å². The zero-order chi connectivity index (χ0) is 15.2. The highest BCUT2D eigenvalue weighted by molar-refractivity contribution is 5.42. The summed E-state index contributed by atoms with van der Waals surface area (Å²) in [4.78, 5) is 2.52. The number of benzene rings is 1.